The predicted octanol–water partition coefficient (Wildman–Crippen LogP) is 3.33. The van der Waals surface area contributed by atoms with Crippen molar-refractivity contribution in [1.82, 2.24) is 0 Å². The minimum atomic E-state index is -0.345. The summed E-state index contributed by atoms with van der Waals surface area (Å²) < 4.78 is 8.08. The summed E-state index contributed by atoms with van der Waals surface area (Å²) in [7, 11) is 0. The van der Waals surface area contributed by atoms with Crippen molar-refractivity contribution in [3.63, 3.8) is 0 Å². The Labute approximate surface area is 85.7 Å². The Kier molecular flexibility index (Phi) is 2.12. The second-order valence-electron chi connectivity index (χ2n) is 3.29. The van der Waals surface area contributed by atoms with Crippen LogP contribution in [-0.4, -0.2) is 12.6 Å². The number of benzene rings is 1. The fourth-order valence-electron chi connectivity index (χ4n) is 1.54. The van der Waals surface area contributed by atoms with Gasteiger partial charge in [0.2, 0.25) is 0 Å². The SMILES string of the molecule is [2H]C1(N(CC)c2ccc(Cl)cc2)CC1. The molecule has 1 aromatic rings. The van der Waals surface area contributed by atoms with Crippen molar-refractivity contribution >= 4 is 17.3 Å². The van der Waals surface area contributed by atoms with Gasteiger partial charge in [-0.25, -0.2) is 0 Å². The molecule has 2 heteroatoms. The van der Waals surface area contributed by atoms with Gasteiger partial charge in [0.1, 0.15) is 0 Å². The highest BCUT2D eigenvalue weighted by atomic mass is 35.5. The van der Waals surface area contributed by atoms with Crippen molar-refractivity contribution in [2.45, 2.75) is 25.8 Å². The number of halogens is 1. The maximum Gasteiger partial charge on any atom is 0.0529 e. The zero-order valence-electron chi connectivity index (χ0n) is 8.76. The molecule has 0 unspecified atom stereocenters. The van der Waals surface area contributed by atoms with Crippen molar-refractivity contribution in [3.05, 3.63) is 29.3 Å². The molecule has 0 spiro atoms. The molecule has 0 bridgehead atoms. The van der Waals surface area contributed by atoms with Gasteiger partial charge < -0.3 is 4.90 Å². The van der Waals surface area contributed by atoms with Gasteiger partial charge in [-0.2, -0.15) is 0 Å². The molecule has 0 N–H and O–H groups in total. The van der Waals surface area contributed by atoms with Gasteiger partial charge >= 0.3 is 0 Å². The normalized spacial score (nSPS) is 19.4. The molecule has 1 nitrogen and oxygen atoms in total. The molecule has 1 aliphatic rings. The molecule has 0 amide bonds. The van der Waals surface area contributed by atoms with Crippen molar-refractivity contribution in [2.75, 3.05) is 11.4 Å². The fourth-order valence-corrected chi connectivity index (χ4v) is 1.66. The Bertz CT molecular complexity index is 319. The van der Waals surface area contributed by atoms with Crippen LogP contribution < -0.4 is 4.90 Å². The van der Waals surface area contributed by atoms with E-state index in [-0.39, 0.29) is 6.02 Å². The number of hydrogen-bond donors (Lipinski definition) is 0. The highest BCUT2D eigenvalue weighted by Crippen LogP contribution is 2.31. The van der Waals surface area contributed by atoms with Gasteiger partial charge in [0, 0.05) is 23.3 Å². The largest absolute Gasteiger partial charge is 0.369 e. The second-order valence-corrected chi connectivity index (χ2v) is 3.72. The molecule has 13 heavy (non-hydrogen) atoms. The van der Waals surface area contributed by atoms with Crippen molar-refractivity contribution in [1.29, 1.82) is 0 Å². The van der Waals surface area contributed by atoms with Crippen LogP contribution in [0.25, 0.3) is 0 Å². The Hall–Kier alpha value is -0.690. The number of hydrogen-bond acceptors (Lipinski definition) is 1. The van der Waals surface area contributed by atoms with Crippen molar-refractivity contribution in [3.8, 4) is 0 Å². The van der Waals surface area contributed by atoms with Gasteiger partial charge in [0.25, 0.3) is 0 Å². The van der Waals surface area contributed by atoms with Crippen LogP contribution in [0.5, 0.6) is 0 Å². The van der Waals surface area contributed by atoms with E-state index in [9.17, 15) is 0 Å². The first-order chi connectivity index (χ1) is 6.65. The third-order valence-electron chi connectivity index (χ3n) is 2.31. The molecule has 1 aliphatic carbocycles. The topological polar surface area (TPSA) is 3.24 Å². The number of nitrogens with zero attached hydrogens (tertiary/aromatic N) is 1. The lowest BCUT2D eigenvalue weighted by molar-refractivity contribution is 0.826. The Morgan fingerprint density at radius 2 is 2.08 bits per heavy atom. The van der Waals surface area contributed by atoms with Gasteiger partial charge in [-0.1, -0.05) is 11.6 Å². The third-order valence-corrected chi connectivity index (χ3v) is 2.56. The maximum atomic E-state index is 8.08. The Morgan fingerprint density at radius 3 is 2.54 bits per heavy atom. The summed E-state index contributed by atoms with van der Waals surface area (Å²) in [5, 5.41) is 0.750. The minimum Gasteiger partial charge on any atom is -0.369 e. The molecule has 0 aromatic heterocycles. The lowest BCUT2D eigenvalue weighted by atomic mass is 10.3. The predicted molar refractivity (Wildman–Crippen MR) is 57.5 cm³/mol. The van der Waals surface area contributed by atoms with E-state index in [4.69, 9.17) is 13.0 Å². The second kappa shape index (κ2) is 3.59. The van der Waals surface area contributed by atoms with Crippen LogP contribution in [0.1, 0.15) is 21.1 Å². The molecule has 1 saturated carbocycles. The first-order valence-electron chi connectivity index (χ1n) is 5.19. The molecule has 0 radical (unpaired) electrons. The van der Waals surface area contributed by atoms with Crippen LogP contribution in [0.3, 0.4) is 0 Å². The molecule has 0 atom stereocenters. The van der Waals surface area contributed by atoms with E-state index in [1.54, 1.807) is 0 Å². The molecule has 0 heterocycles. The van der Waals surface area contributed by atoms with E-state index in [1.165, 1.54) is 0 Å². The third kappa shape index (κ3) is 1.97. The monoisotopic (exact) mass is 196 g/mol. The quantitative estimate of drug-likeness (QED) is 0.717. The van der Waals surface area contributed by atoms with Gasteiger partial charge in [-0.05, 0) is 44.0 Å². The summed E-state index contributed by atoms with van der Waals surface area (Å²) >= 11 is 5.82. The average Bonchev–Trinajstić information content (AvgIpc) is 2.89. The van der Waals surface area contributed by atoms with Gasteiger partial charge in [-0.15, -0.1) is 0 Å². The first kappa shape index (κ1) is 7.69. The van der Waals surface area contributed by atoms with Crippen LogP contribution in [0, 0.1) is 0 Å². The van der Waals surface area contributed by atoms with Crippen LogP contribution in [0.15, 0.2) is 24.3 Å². The van der Waals surface area contributed by atoms with Gasteiger partial charge in [-0.3, -0.25) is 0 Å². The smallest absolute Gasteiger partial charge is 0.0529 e. The molecule has 1 fully saturated rings. The molecule has 1 aromatic carbocycles. The molecular formula is C11H14ClN. The van der Waals surface area contributed by atoms with E-state index < -0.39 is 0 Å². The summed E-state index contributed by atoms with van der Waals surface area (Å²) in [6.07, 6.45) is 1.95. The van der Waals surface area contributed by atoms with Crippen molar-refractivity contribution in [2.24, 2.45) is 0 Å². The Morgan fingerprint density at radius 1 is 1.46 bits per heavy atom. The lowest BCUT2D eigenvalue weighted by Gasteiger charge is -2.22. The Balaban J connectivity index is 2.23. The minimum absolute atomic E-state index is 0.345. The van der Waals surface area contributed by atoms with Gasteiger partial charge in [0.05, 0.1) is 1.37 Å². The highest BCUT2D eigenvalue weighted by Gasteiger charge is 2.27. The van der Waals surface area contributed by atoms with Crippen LogP contribution in [-0.2, 0) is 0 Å². The van der Waals surface area contributed by atoms with E-state index in [0.29, 0.717) is 0 Å². The lowest BCUT2D eigenvalue weighted by Crippen LogP contribution is -2.24. The van der Waals surface area contributed by atoms with Crippen LogP contribution in [0.2, 0.25) is 5.02 Å². The molecule has 2 rings (SSSR count). The molecule has 70 valence electrons. The summed E-state index contributed by atoms with van der Waals surface area (Å²) in [6.45, 7) is 2.97. The fraction of sp³-hybridized carbons (Fsp3) is 0.455. The van der Waals surface area contributed by atoms with E-state index in [0.717, 1.165) is 30.1 Å². The first-order valence-corrected chi connectivity index (χ1v) is 5.07. The zero-order chi connectivity index (χ0) is 10.2. The standard InChI is InChI=1S/C11H14ClN/c1-2-13(11-7-8-11)10-5-3-9(12)4-6-10/h3-6,11H,2,7-8H2,1H3/i11D. The molecular weight excluding hydrogens is 182 g/mol. The number of anilines is 1. The van der Waals surface area contributed by atoms with Gasteiger partial charge in [0.15, 0.2) is 0 Å². The number of rotatable bonds is 3. The van der Waals surface area contributed by atoms with E-state index >= 15 is 0 Å². The maximum absolute atomic E-state index is 8.08. The van der Waals surface area contributed by atoms with Crippen LogP contribution in [0.4, 0.5) is 5.69 Å². The average molecular weight is 197 g/mol. The summed E-state index contributed by atoms with van der Waals surface area (Å²) in [5.74, 6) is 0. The zero-order valence-corrected chi connectivity index (χ0v) is 8.51. The summed E-state index contributed by atoms with van der Waals surface area (Å²) in [4.78, 5) is 2.13. The van der Waals surface area contributed by atoms with Crippen LogP contribution >= 0.6 is 11.6 Å². The highest BCUT2D eigenvalue weighted by molar-refractivity contribution is 6.30. The summed E-state index contributed by atoms with van der Waals surface area (Å²) in [5.41, 5.74) is 1.10. The molecule has 0 saturated heterocycles. The molecule has 0 aliphatic heterocycles. The summed E-state index contributed by atoms with van der Waals surface area (Å²) in [6, 6.07) is 7.39. The van der Waals surface area contributed by atoms with E-state index in [2.05, 4.69) is 11.8 Å². The van der Waals surface area contributed by atoms with Crippen molar-refractivity contribution < 1.29 is 1.37 Å². The van der Waals surface area contributed by atoms with E-state index in [1.807, 2.05) is 24.3 Å².